The molecule has 0 spiro atoms. The lowest BCUT2D eigenvalue weighted by molar-refractivity contribution is -0.159. The highest BCUT2D eigenvalue weighted by atomic mass is 16.5. The number of nitrogens with one attached hydrogen (secondary N) is 1. The van der Waals surface area contributed by atoms with Gasteiger partial charge in [-0.05, 0) is 37.2 Å². The number of rotatable bonds is 7. The van der Waals surface area contributed by atoms with Crippen LogP contribution in [0.4, 0.5) is 0 Å². The van der Waals surface area contributed by atoms with Crippen LogP contribution in [-0.2, 0) is 20.9 Å². The number of nitrogens with zero attached hydrogens (tertiary/aromatic N) is 1. The fourth-order valence-corrected chi connectivity index (χ4v) is 2.23. The normalized spacial score (nSPS) is 14.3. The third-order valence-corrected chi connectivity index (χ3v) is 3.60. The van der Waals surface area contributed by atoms with E-state index in [4.69, 9.17) is 29.3 Å². The molecule has 0 aromatic heterocycles. The highest BCUT2D eigenvalue weighted by Crippen LogP contribution is 2.10. The van der Waals surface area contributed by atoms with Crippen molar-refractivity contribution in [3.63, 3.8) is 0 Å². The van der Waals surface area contributed by atoms with Crippen molar-refractivity contribution in [1.82, 2.24) is 10.2 Å². The molecule has 2 rings (SSSR count). The molecule has 0 saturated carbocycles. The molecular formula is C17H26N2O6. The van der Waals surface area contributed by atoms with E-state index in [1.165, 1.54) is 18.5 Å². The predicted octanol–water partition coefficient (Wildman–Crippen LogP) is 0.663. The molecule has 8 heteroatoms. The first-order valence-corrected chi connectivity index (χ1v) is 8.13. The molecule has 1 fully saturated rings. The van der Waals surface area contributed by atoms with Gasteiger partial charge >= 0.3 is 11.9 Å². The lowest BCUT2D eigenvalue weighted by atomic mass is 10.2. The Kier molecular flexibility index (Phi) is 10.2. The van der Waals surface area contributed by atoms with Gasteiger partial charge in [-0.15, -0.1) is 0 Å². The summed E-state index contributed by atoms with van der Waals surface area (Å²) in [7, 11) is 1.69. The van der Waals surface area contributed by atoms with Crippen LogP contribution in [-0.4, -0.2) is 73.6 Å². The Bertz CT molecular complexity index is 502. The van der Waals surface area contributed by atoms with Gasteiger partial charge in [-0.2, -0.15) is 0 Å². The van der Waals surface area contributed by atoms with Crippen LogP contribution in [0.2, 0.25) is 0 Å². The highest BCUT2D eigenvalue weighted by molar-refractivity contribution is 6.27. The molecule has 1 aliphatic rings. The van der Waals surface area contributed by atoms with Crippen LogP contribution in [0.3, 0.4) is 0 Å². The molecule has 1 saturated heterocycles. The molecule has 0 aliphatic carbocycles. The molecule has 1 aromatic rings. The highest BCUT2D eigenvalue weighted by Gasteiger charge is 2.08. The van der Waals surface area contributed by atoms with Crippen molar-refractivity contribution in [2.75, 3.05) is 46.5 Å². The number of morpholine rings is 1. The zero-order valence-corrected chi connectivity index (χ0v) is 14.4. The maximum atomic E-state index is 9.10. The van der Waals surface area contributed by atoms with Gasteiger partial charge < -0.3 is 25.0 Å². The first-order chi connectivity index (χ1) is 12.0. The zero-order valence-electron chi connectivity index (χ0n) is 14.4. The fourth-order valence-electron chi connectivity index (χ4n) is 2.23. The van der Waals surface area contributed by atoms with E-state index in [1.807, 2.05) is 12.1 Å². The molecular weight excluding hydrogens is 328 g/mol. The van der Waals surface area contributed by atoms with Crippen LogP contribution in [0.1, 0.15) is 12.0 Å². The lowest BCUT2D eigenvalue weighted by Crippen LogP contribution is -2.37. The second-order valence-corrected chi connectivity index (χ2v) is 5.44. The van der Waals surface area contributed by atoms with Gasteiger partial charge in [-0.25, -0.2) is 9.59 Å². The van der Waals surface area contributed by atoms with Crippen LogP contribution in [0.25, 0.3) is 0 Å². The quantitative estimate of drug-likeness (QED) is 0.484. The summed E-state index contributed by atoms with van der Waals surface area (Å²) >= 11 is 0. The maximum absolute atomic E-state index is 9.10. The second kappa shape index (κ2) is 12.2. The fraction of sp³-hybridized carbons (Fsp3) is 0.529. The summed E-state index contributed by atoms with van der Waals surface area (Å²) in [6, 6.07) is 8.22. The summed E-state index contributed by atoms with van der Waals surface area (Å²) in [6.07, 6.45) is 1.19. The molecule has 0 unspecified atom stereocenters. The number of benzene rings is 1. The van der Waals surface area contributed by atoms with Crippen LogP contribution in [0, 0.1) is 0 Å². The molecule has 0 bridgehead atoms. The summed E-state index contributed by atoms with van der Waals surface area (Å²) < 4.78 is 10.5. The van der Waals surface area contributed by atoms with Crippen LogP contribution >= 0.6 is 0 Å². The van der Waals surface area contributed by atoms with Gasteiger partial charge in [0.2, 0.25) is 0 Å². The van der Waals surface area contributed by atoms with E-state index in [2.05, 4.69) is 22.3 Å². The van der Waals surface area contributed by atoms with E-state index < -0.39 is 11.9 Å². The largest absolute Gasteiger partial charge is 0.497 e. The first kappa shape index (κ1) is 20.9. The van der Waals surface area contributed by atoms with Crippen molar-refractivity contribution in [2.45, 2.75) is 13.0 Å². The summed E-state index contributed by atoms with van der Waals surface area (Å²) in [4.78, 5) is 20.7. The molecule has 1 heterocycles. The Morgan fingerprint density at radius 1 is 1.16 bits per heavy atom. The Labute approximate surface area is 147 Å². The molecule has 1 aromatic carbocycles. The van der Waals surface area contributed by atoms with Crippen molar-refractivity contribution in [2.24, 2.45) is 0 Å². The van der Waals surface area contributed by atoms with Gasteiger partial charge in [0, 0.05) is 19.6 Å². The van der Waals surface area contributed by atoms with Gasteiger partial charge in [-0.1, -0.05) is 12.1 Å². The molecule has 0 atom stereocenters. The van der Waals surface area contributed by atoms with Crippen molar-refractivity contribution in [3.8, 4) is 5.75 Å². The number of carbonyl (C=O) groups is 2. The van der Waals surface area contributed by atoms with E-state index in [0.717, 1.165) is 45.1 Å². The Morgan fingerprint density at radius 3 is 2.28 bits per heavy atom. The van der Waals surface area contributed by atoms with Crippen molar-refractivity contribution < 1.29 is 29.3 Å². The van der Waals surface area contributed by atoms with Gasteiger partial charge in [0.05, 0.1) is 20.3 Å². The molecule has 0 radical (unpaired) electrons. The van der Waals surface area contributed by atoms with Crippen molar-refractivity contribution in [3.05, 3.63) is 29.8 Å². The van der Waals surface area contributed by atoms with Crippen LogP contribution in [0.15, 0.2) is 24.3 Å². The smallest absolute Gasteiger partial charge is 0.414 e. The van der Waals surface area contributed by atoms with Crippen molar-refractivity contribution >= 4 is 11.9 Å². The summed E-state index contributed by atoms with van der Waals surface area (Å²) in [5, 5.41) is 18.3. The minimum atomic E-state index is -1.82. The summed E-state index contributed by atoms with van der Waals surface area (Å²) in [5.74, 6) is -2.74. The Morgan fingerprint density at radius 2 is 1.76 bits per heavy atom. The number of methoxy groups -OCH3 is 1. The lowest BCUT2D eigenvalue weighted by Gasteiger charge is -2.26. The number of ether oxygens (including phenoxy) is 2. The Hall–Kier alpha value is -2.16. The average Bonchev–Trinajstić information content (AvgIpc) is 2.63. The van der Waals surface area contributed by atoms with E-state index in [0.29, 0.717) is 0 Å². The number of hydrogen-bond acceptors (Lipinski definition) is 6. The van der Waals surface area contributed by atoms with Crippen molar-refractivity contribution in [1.29, 1.82) is 0 Å². The van der Waals surface area contributed by atoms with E-state index in [9.17, 15) is 0 Å². The number of carboxylic acid groups (broad SMARTS) is 2. The standard InChI is InChI=1S/C15H24N2O2.C2H2O4/c1-18-15-5-3-14(4-6-15)13-16-7-2-8-17-9-11-19-12-10-17;3-1(4)2(5)6/h3-6,16H,2,7-13H2,1H3;(H,3,4)(H,5,6). The third-order valence-electron chi connectivity index (χ3n) is 3.60. The second-order valence-electron chi connectivity index (χ2n) is 5.44. The molecule has 3 N–H and O–H groups in total. The van der Waals surface area contributed by atoms with Gasteiger partial charge in [0.1, 0.15) is 5.75 Å². The SMILES string of the molecule is COc1ccc(CNCCCN2CCOCC2)cc1.O=C(O)C(=O)O. The molecule has 0 amide bonds. The zero-order chi connectivity index (χ0) is 18.5. The number of aliphatic carboxylic acids is 2. The number of carboxylic acids is 2. The minimum Gasteiger partial charge on any atom is -0.497 e. The molecule has 140 valence electrons. The maximum Gasteiger partial charge on any atom is 0.414 e. The molecule has 25 heavy (non-hydrogen) atoms. The monoisotopic (exact) mass is 354 g/mol. The van der Waals surface area contributed by atoms with E-state index in [-0.39, 0.29) is 0 Å². The minimum absolute atomic E-state index is 0.888. The van der Waals surface area contributed by atoms with Crippen LogP contribution in [0.5, 0.6) is 5.75 Å². The first-order valence-electron chi connectivity index (χ1n) is 8.13. The van der Waals surface area contributed by atoms with E-state index in [1.54, 1.807) is 7.11 Å². The Balaban J connectivity index is 0.000000450. The van der Waals surface area contributed by atoms with Crippen LogP contribution < -0.4 is 10.1 Å². The van der Waals surface area contributed by atoms with Gasteiger partial charge in [0.15, 0.2) is 0 Å². The summed E-state index contributed by atoms with van der Waals surface area (Å²) in [5.41, 5.74) is 1.30. The summed E-state index contributed by atoms with van der Waals surface area (Å²) in [6.45, 7) is 7.09. The average molecular weight is 354 g/mol. The van der Waals surface area contributed by atoms with E-state index >= 15 is 0 Å². The topological polar surface area (TPSA) is 108 Å². The predicted molar refractivity (Wildman–Crippen MR) is 91.8 cm³/mol. The molecule has 1 aliphatic heterocycles. The molecule has 8 nitrogen and oxygen atoms in total. The number of hydrogen-bond donors (Lipinski definition) is 3. The third kappa shape index (κ3) is 9.65. The van der Waals surface area contributed by atoms with Gasteiger partial charge in [-0.3, -0.25) is 4.90 Å². The van der Waals surface area contributed by atoms with Gasteiger partial charge in [0.25, 0.3) is 0 Å².